The van der Waals surface area contributed by atoms with Gasteiger partial charge in [0.2, 0.25) is 0 Å². The normalized spacial score (nSPS) is 10.4. The van der Waals surface area contributed by atoms with Crippen LogP contribution in [0.3, 0.4) is 0 Å². The first-order chi connectivity index (χ1) is 6.72. The van der Waals surface area contributed by atoms with Gasteiger partial charge in [-0.25, -0.2) is 0 Å². The summed E-state index contributed by atoms with van der Waals surface area (Å²) in [6, 6.07) is 5.60. The van der Waals surface area contributed by atoms with Crippen molar-refractivity contribution in [2.24, 2.45) is 0 Å². The SMILES string of the molecule is COc1ccc2ncc(O)c(C)c2c1. The maximum absolute atomic E-state index is 9.48. The quantitative estimate of drug-likeness (QED) is 0.748. The molecule has 0 aliphatic carbocycles. The van der Waals surface area contributed by atoms with Crippen LogP contribution in [0.5, 0.6) is 11.5 Å². The zero-order valence-electron chi connectivity index (χ0n) is 8.11. The van der Waals surface area contributed by atoms with Crippen LogP contribution in [0, 0.1) is 6.92 Å². The van der Waals surface area contributed by atoms with E-state index in [-0.39, 0.29) is 5.75 Å². The number of aryl methyl sites for hydroxylation is 1. The molecule has 0 atom stereocenters. The predicted molar refractivity (Wildman–Crippen MR) is 54.7 cm³/mol. The van der Waals surface area contributed by atoms with E-state index in [1.807, 2.05) is 25.1 Å². The molecule has 0 spiro atoms. The van der Waals surface area contributed by atoms with Crippen LogP contribution in [0.25, 0.3) is 10.9 Å². The molecule has 0 aliphatic rings. The molecular weight excluding hydrogens is 178 g/mol. The summed E-state index contributed by atoms with van der Waals surface area (Å²) in [5.41, 5.74) is 1.69. The first kappa shape index (κ1) is 8.81. The largest absolute Gasteiger partial charge is 0.506 e. The summed E-state index contributed by atoms with van der Waals surface area (Å²) >= 11 is 0. The summed E-state index contributed by atoms with van der Waals surface area (Å²) in [5.74, 6) is 0.985. The highest BCUT2D eigenvalue weighted by Gasteiger charge is 2.04. The van der Waals surface area contributed by atoms with Crippen LogP contribution in [0.4, 0.5) is 0 Å². The molecule has 0 aliphatic heterocycles. The smallest absolute Gasteiger partial charge is 0.137 e. The Morgan fingerprint density at radius 1 is 1.36 bits per heavy atom. The molecule has 72 valence electrons. The number of aromatic hydroxyl groups is 1. The Hall–Kier alpha value is -1.77. The Labute approximate surface area is 82.0 Å². The fourth-order valence-corrected chi connectivity index (χ4v) is 1.42. The van der Waals surface area contributed by atoms with Crippen molar-refractivity contribution in [3.8, 4) is 11.5 Å². The maximum Gasteiger partial charge on any atom is 0.137 e. The lowest BCUT2D eigenvalue weighted by Gasteiger charge is -2.05. The van der Waals surface area contributed by atoms with E-state index in [9.17, 15) is 5.11 Å². The number of pyridine rings is 1. The Kier molecular flexibility index (Phi) is 2.00. The third-order valence-electron chi connectivity index (χ3n) is 2.32. The lowest BCUT2D eigenvalue weighted by atomic mass is 10.1. The lowest BCUT2D eigenvalue weighted by Crippen LogP contribution is -1.87. The van der Waals surface area contributed by atoms with E-state index in [0.717, 1.165) is 22.2 Å². The molecular formula is C11H11NO2. The van der Waals surface area contributed by atoms with E-state index in [0.29, 0.717) is 0 Å². The number of benzene rings is 1. The van der Waals surface area contributed by atoms with Crippen molar-refractivity contribution < 1.29 is 9.84 Å². The number of fused-ring (bicyclic) bond motifs is 1. The molecule has 0 amide bonds. The molecule has 3 heteroatoms. The van der Waals surface area contributed by atoms with Crippen LogP contribution in [0.15, 0.2) is 24.4 Å². The minimum atomic E-state index is 0.214. The summed E-state index contributed by atoms with van der Waals surface area (Å²) in [5, 5.41) is 10.4. The van der Waals surface area contributed by atoms with Crippen LogP contribution in [-0.2, 0) is 0 Å². The van der Waals surface area contributed by atoms with Crippen molar-refractivity contribution in [2.75, 3.05) is 7.11 Å². The number of rotatable bonds is 1. The van der Waals surface area contributed by atoms with E-state index in [2.05, 4.69) is 4.98 Å². The maximum atomic E-state index is 9.48. The highest BCUT2D eigenvalue weighted by molar-refractivity contribution is 5.84. The second kappa shape index (κ2) is 3.18. The number of ether oxygens (including phenoxy) is 1. The van der Waals surface area contributed by atoms with Gasteiger partial charge in [-0.1, -0.05) is 0 Å². The van der Waals surface area contributed by atoms with E-state index in [1.54, 1.807) is 7.11 Å². The molecule has 0 unspecified atom stereocenters. The van der Waals surface area contributed by atoms with Gasteiger partial charge in [-0.2, -0.15) is 0 Å². The van der Waals surface area contributed by atoms with Crippen LogP contribution < -0.4 is 4.74 Å². The van der Waals surface area contributed by atoms with E-state index in [4.69, 9.17) is 4.74 Å². The van der Waals surface area contributed by atoms with Gasteiger partial charge in [-0.15, -0.1) is 0 Å². The highest BCUT2D eigenvalue weighted by atomic mass is 16.5. The summed E-state index contributed by atoms with van der Waals surface area (Å²) < 4.78 is 5.11. The molecule has 14 heavy (non-hydrogen) atoms. The Morgan fingerprint density at radius 3 is 2.86 bits per heavy atom. The van der Waals surface area contributed by atoms with Gasteiger partial charge < -0.3 is 9.84 Å². The van der Waals surface area contributed by atoms with Gasteiger partial charge in [0.25, 0.3) is 0 Å². The first-order valence-electron chi connectivity index (χ1n) is 4.34. The molecule has 0 saturated carbocycles. The van der Waals surface area contributed by atoms with E-state index in [1.165, 1.54) is 6.20 Å². The second-order valence-electron chi connectivity index (χ2n) is 3.15. The summed E-state index contributed by atoms with van der Waals surface area (Å²) in [6.45, 7) is 1.86. The topological polar surface area (TPSA) is 42.4 Å². The Bertz CT molecular complexity index is 480. The van der Waals surface area contributed by atoms with Crippen LogP contribution >= 0.6 is 0 Å². The number of nitrogens with zero attached hydrogens (tertiary/aromatic N) is 1. The molecule has 3 nitrogen and oxygen atoms in total. The minimum Gasteiger partial charge on any atom is -0.506 e. The fourth-order valence-electron chi connectivity index (χ4n) is 1.42. The third kappa shape index (κ3) is 1.27. The minimum absolute atomic E-state index is 0.214. The summed E-state index contributed by atoms with van der Waals surface area (Å²) in [7, 11) is 1.62. The molecule has 1 N–H and O–H groups in total. The van der Waals surface area contributed by atoms with Gasteiger partial charge >= 0.3 is 0 Å². The number of hydrogen-bond acceptors (Lipinski definition) is 3. The first-order valence-corrected chi connectivity index (χ1v) is 4.34. The van der Waals surface area contributed by atoms with E-state index >= 15 is 0 Å². The van der Waals surface area contributed by atoms with E-state index < -0.39 is 0 Å². The van der Waals surface area contributed by atoms with Gasteiger partial charge in [0.15, 0.2) is 0 Å². The molecule has 0 fully saturated rings. The molecule has 0 saturated heterocycles. The van der Waals surface area contributed by atoms with Gasteiger partial charge in [0, 0.05) is 10.9 Å². The third-order valence-corrected chi connectivity index (χ3v) is 2.32. The number of methoxy groups -OCH3 is 1. The van der Waals surface area contributed by atoms with Crippen molar-refractivity contribution in [1.29, 1.82) is 0 Å². The van der Waals surface area contributed by atoms with Crippen LogP contribution in [0.1, 0.15) is 5.56 Å². The molecule has 2 aromatic rings. The molecule has 0 radical (unpaired) electrons. The number of hydrogen-bond donors (Lipinski definition) is 1. The molecule has 0 bridgehead atoms. The average Bonchev–Trinajstić information content (AvgIpc) is 2.23. The Balaban J connectivity index is 2.78. The van der Waals surface area contributed by atoms with Crippen molar-refractivity contribution in [2.45, 2.75) is 6.92 Å². The van der Waals surface area contributed by atoms with Crippen molar-refractivity contribution in [3.63, 3.8) is 0 Å². The van der Waals surface area contributed by atoms with Crippen LogP contribution in [0.2, 0.25) is 0 Å². The van der Waals surface area contributed by atoms with Gasteiger partial charge in [-0.3, -0.25) is 4.98 Å². The summed E-state index contributed by atoms with van der Waals surface area (Å²) in [6.07, 6.45) is 1.46. The zero-order valence-corrected chi connectivity index (χ0v) is 8.11. The Morgan fingerprint density at radius 2 is 2.14 bits per heavy atom. The average molecular weight is 189 g/mol. The predicted octanol–water partition coefficient (Wildman–Crippen LogP) is 2.26. The van der Waals surface area contributed by atoms with Crippen LogP contribution in [-0.4, -0.2) is 17.2 Å². The second-order valence-corrected chi connectivity index (χ2v) is 3.15. The zero-order chi connectivity index (χ0) is 10.1. The summed E-state index contributed by atoms with van der Waals surface area (Å²) in [4.78, 5) is 4.11. The standard InChI is InChI=1S/C11H11NO2/c1-7-9-5-8(14-2)3-4-10(9)12-6-11(7)13/h3-6,13H,1-2H3. The molecule has 1 heterocycles. The highest BCUT2D eigenvalue weighted by Crippen LogP contribution is 2.27. The van der Waals surface area contributed by atoms with Gasteiger partial charge in [0.05, 0.1) is 18.8 Å². The lowest BCUT2D eigenvalue weighted by molar-refractivity contribution is 0.415. The van der Waals surface area contributed by atoms with Gasteiger partial charge in [-0.05, 0) is 25.1 Å². The van der Waals surface area contributed by atoms with Crippen molar-refractivity contribution >= 4 is 10.9 Å². The molecule has 2 rings (SSSR count). The fraction of sp³-hybridized carbons (Fsp3) is 0.182. The van der Waals surface area contributed by atoms with Crippen molar-refractivity contribution in [3.05, 3.63) is 30.0 Å². The monoisotopic (exact) mass is 189 g/mol. The van der Waals surface area contributed by atoms with Gasteiger partial charge in [0.1, 0.15) is 11.5 Å². The molecule has 1 aromatic carbocycles. The number of aromatic nitrogens is 1. The van der Waals surface area contributed by atoms with Crippen molar-refractivity contribution in [1.82, 2.24) is 4.98 Å². The molecule has 1 aromatic heterocycles.